The highest BCUT2D eigenvalue weighted by atomic mass is 35.5. The van der Waals surface area contributed by atoms with Gasteiger partial charge in [-0.2, -0.15) is 0 Å². The SMILES string of the molecule is CCC(C)CC(CC)NC(CC)c1ccc(Cl)cc1. The summed E-state index contributed by atoms with van der Waals surface area (Å²) >= 11 is 5.96. The van der Waals surface area contributed by atoms with Crippen LogP contribution in [-0.4, -0.2) is 6.04 Å². The minimum absolute atomic E-state index is 0.436. The molecule has 0 amide bonds. The van der Waals surface area contributed by atoms with Crippen LogP contribution in [0.25, 0.3) is 0 Å². The van der Waals surface area contributed by atoms with Gasteiger partial charge in [-0.1, -0.05) is 57.8 Å². The second kappa shape index (κ2) is 8.60. The van der Waals surface area contributed by atoms with E-state index in [1.54, 1.807) is 0 Å². The molecule has 0 saturated carbocycles. The summed E-state index contributed by atoms with van der Waals surface area (Å²) in [6.45, 7) is 9.12. The Morgan fingerprint density at radius 2 is 1.63 bits per heavy atom. The summed E-state index contributed by atoms with van der Waals surface area (Å²) in [7, 11) is 0. The molecule has 0 aliphatic rings. The molecule has 0 saturated heterocycles. The molecule has 2 heteroatoms. The molecule has 0 bridgehead atoms. The molecule has 0 aliphatic carbocycles. The van der Waals surface area contributed by atoms with Gasteiger partial charge in [0.05, 0.1) is 0 Å². The molecule has 0 fully saturated rings. The van der Waals surface area contributed by atoms with Crippen molar-refractivity contribution >= 4 is 11.6 Å². The summed E-state index contributed by atoms with van der Waals surface area (Å²) in [5.74, 6) is 0.792. The van der Waals surface area contributed by atoms with Crippen LogP contribution in [0.2, 0.25) is 5.02 Å². The zero-order valence-electron chi connectivity index (χ0n) is 12.7. The van der Waals surface area contributed by atoms with Crippen LogP contribution >= 0.6 is 11.6 Å². The number of hydrogen-bond acceptors (Lipinski definition) is 1. The second-order valence-electron chi connectivity index (χ2n) is 5.53. The quantitative estimate of drug-likeness (QED) is 0.654. The zero-order chi connectivity index (χ0) is 14.3. The molecule has 0 aromatic heterocycles. The molecule has 108 valence electrons. The van der Waals surface area contributed by atoms with Crippen LogP contribution in [-0.2, 0) is 0 Å². The number of hydrogen-bond donors (Lipinski definition) is 1. The summed E-state index contributed by atoms with van der Waals surface area (Å²) in [5.41, 5.74) is 1.34. The summed E-state index contributed by atoms with van der Waals surface area (Å²) in [6.07, 6.45) is 4.82. The molecule has 0 heterocycles. The van der Waals surface area contributed by atoms with Crippen molar-refractivity contribution in [3.8, 4) is 0 Å². The minimum atomic E-state index is 0.436. The molecule has 1 N–H and O–H groups in total. The van der Waals surface area contributed by atoms with Crippen molar-refractivity contribution < 1.29 is 0 Å². The van der Waals surface area contributed by atoms with Gasteiger partial charge in [-0.25, -0.2) is 0 Å². The van der Waals surface area contributed by atoms with Crippen molar-refractivity contribution in [1.82, 2.24) is 5.32 Å². The molecule has 3 atom stereocenters. The van der Waals surface area contributed by atoms with Crippen LogP contribution in [0, 0.1) is 5.92 Å². The smallest absolute Gasteiger partial charge is 0.0406 e. The summed E-state index contributed by atoms with van der Waals surface area (Å²) in [6, 6.07) is 9.29. The molecular formula is C17H28ClN. The molecule has 0 aliphatic heterocycles. The average molecular weight is 282 g/mol. The highest BCUT2D eigenvalue weighted by molar-refractivity contribution is 6.30. The van der Waals surface area contributed by atoms with Gasteiger partial charge in [0.1, 0.15) is 0 Å². The molecule has 0 radical (unpaired) electrons. The van der Waals surface area contributed by atoms with E-state index in [4.69, 9.17) is 11.6 Å². The summed E-state index contributed by atoms with van der Waals surface area (Å²) < 4.78 is 0. The second-order valence-corrected chi connectivity index (χ2v) is 5.97. The van der Waals surface area contributed by atoms with Crippen LogP contribution in [0.4, 0.5) is 0 Å². The molecule has 1 aromatic carbocycles. The highest BCUT2D eigenvalue weighted by Crippen LogP contribution is 2.22. The fraction of sp³-hybridized carbons (Fsp3) is 0.647. The van der Waals surface area contributed by atoms with Crippen LogP contribution in [0.5, 0.6) is 0 Å². The summed E-state index contributed by atoms with van der Waals surface area (Å²) in [5, 5.41) is 4.62. The molecule has 1 rings (SSSR count). The normalized spacial score (nSPS) is 16.1. The van der Waals surface area contributed by atoms with Gasteiger partial charge in [0.2, 0.25) is 0 Å². The summed E-state index contributed by atoms with van der Waals surface area (Å²) in [4.78, 5) is 0. The van der Waals surface area contributed by atoms with E-state index in [2.05, 4.69) is 45.1 Å². The molecule has 19 heavy (non-hydrogen) atoms. The number of halogens is 1. The Kier molecular flexibility index (Phi) is 7.48. The highest BCUT2D eigenvalue weighted by Gasteiger charge is 2.16. The van der Waals surface area contributed by atoms with E-state index in [1.165, 1.54) is 24.8 Å². The molecule has 1 aromatic rings. The minimum Gasteiger partial charge on any atom is -0.307 e. The molecule has 3 unspecified atom stereocenters. The standard InChI is InChI=1S/C17H28ClN/c1-5-13(4)12-16(6-2)19-17(7-3)14-8-10-15(18)11-9-14/h8-11,13,16-17,19H,5-7,12H2,1-4H3. The maximum atomic E-state index is 5.96. The Balaban J connectivity index is 2.66. The van der Waals surface area contributed by atoms with Crippen LogP contribution in [0.15, 0.2) is 24.3 Å². The lowest BCUT2D eigenvalue weighted by Crippen LogP contribution is -2.33. The van der Waals surface area contributed by atoms with Gasteiger partial charge < -0.3 is 5.32 Å². The van der Waals surface area contributed by atoms with Crippen LogP contribution in [0.1, 0.15) is 65.0 Å². The van der Waals surface area contributed by atoms with E-state index < -0.39 is 0 Å². The van der Waals surface area contributed by atoms with Crippen molar-refractivity contribution in [2.24, 2.45) is 5.92 Å². The van der Waals surface area contributed by atoms with E-state index in [0.29, 0.717) is 12.1 Å². The zero-order valence-corrected chi connectivity index (χ0v) is 13.5. The Morgan fingerprint density at radius 3 is 2.11 bits per heavy atom. The third-order valence-corrected chi connectivity index (χ3v) is 4.25. The van der Waals surface area contributed by atoms with E-state index in [9.17, 15) is 0 Å². The Hall–Kier alpha value is -0.530. The van der Waals surface area contributed by atoms with E-state index in [1.807, 2.05) is 12.1 Å². The maximum absolute atomic E-state index is 5.96. The van der Waals surface area contributed by atoms with Gasteiger partial charge in [-0.05, 0) is 42.9 Å². The van der Waals surface area contributed by atoms with Gasteiger partial charge in [-0.15, -0.1) is 0 Å². The first kappa shape index (κ1) is 16.5. The van der Waals surface area contributed by atoms with Crippen LogP contribution in [0.3, 0.4) is 0 Å². The monoisotopic (exact) mass is 281 g/mol. The van der Waals surface area contributed by atoms with Gasteiger partial charge in [-0.3, -0.25) is 0 Å². The Morgan fingerprint density at radius 1 is 1.00 bits per heavy atom. The lowest BCUT2D eigenvalue weighted by Gasteiger charge is -2.26. The van der Waals surface area contributed by atoms with Crippen molar-refractivity contribution in [2.75, 3.05) is 0 Å². The van der Waals surface area contributed by atoms with E-state index >= 15 is 0 Å². The van der Waals surface area contributed by atoms with Crippen molar-refractivity contribution in [2.45, 2.75) is 65.5 Å². The van der Waals surface area contributed by atoms with Crippen molar-refractivity contribution in [3.63, 3.8) is 0 Å². The van der Waals surface area contributed by atoms with Crippen LogP contribution < -0.4 is 5.32 Å². The maximum Gasteiger partial charge on any atom is 0.0406 e. The molecule has 1 nitrogen and oxygen atoms in total. The Bertz CT molecular complexity index is 347. The Labute approximate surface area is 123 Å². The van der Waals surface area contributed by atoms with E-state index in [0.717, 1.165) is 17.4 Å². The average Bonchev–Trinajstić information content (AvgIpc) is 2.44. The molecule has 0 spiro atoms. The lowest BCUT2D eigenvalue weighted by molar-refractivity contribution is 0.346. The fourth-order valence-electron chi connectivity index (χ4n) is 2.43. The van der Waals surface area contributed by atoms with E-state index in [-0.39, 0.29) is 0 Å². The van der Waals surface area contributed by atoms with Crippen molar-refractivity contribution in [1.29, 1.82) is 0 Å². The molecular weight excluding hydrogens is 254 g/mol. The third-order valence-electron chi connectivity index (χ3n) is 3.99. The number of benzene rings is 1. The largest absolute Gasteiger partial charge is 0.307 e. The number of rotatable bonds is 8. The van der Waals surface area contributed by atoms with Crippen molar-refractivity contribution in [3.05, 3.63) is 34.9 Å². The predicted molar refractivity (Wildman–Crippen MR) is 85.8 cm³/mol. The van der Waals surface area contributed by atoms with Gasteiger partial charge >= 0.3 is 0 Å². The third kappa shape index (κ3) is 5.54. The number of nitrogens with one attached hydrogen (secondary N) is 1. The van der Waals surface area contributed by atoms with Gasteiger partial charge in [0, 0.05) is 17.1 Å². The topological polar surface area (TPSA) is 12.0 Å². The fourth-order valence-corrected chi connectivity index (χ4v) is 2.56. The predicted octanol–water partition coefficient (Wildman–Crippen LogP) is 5.60. The van der Waals surface area contributed by atoms with Gasteiger partial charge in [0.15, 0.2) is 0 Å². The first-order valence-electron chi connectivity index (χ1n) is 7.62. The van der Waals surface area contributed by atoms with Gasteiger partial charge in [0.25, 0.3) is 0 Å². The first-order chi connectivity index (χ1) is 9.10. The lowest BCUT2D eigenvalue weighted by atomic mass is 9.95. The first-order valence-corrected chi connectivity index (χ1v) is 7.99.